The van der Waals surface area contributed by atoms with Crippen LogP contribution in [0.4, 0.5) is 13.2 Å². The first kappa shape index (κ1) is 14.9. The van der Waals surface area contributed by atoms with Crippen molar-refractivity contribution in [2.45, 2.75) is 18.9 Å². The second-order valence-corrected chi connectivity index (χ2v) is 5.01. The lowest BCUT2D eigenvalue weighted by molar-refractivity contribution is 0.551. The number of halogens is 4. The predicted molar refractivity (Wildman–Crippen MR) is 73.2 cm³/mol. The Morgan fingerprint density at radius 3 is 2.40 bits per heavy atom. The van der Waals surface area contributed by atoms with E-state index in [0.29, 0.717) is 16.1 Å². The van der Waals surface area contributed by atoms with E-state index in [1.165, 1.54) is 24.3 Å². The molecule has 5 heteroatoms. The van der Waals surface area contributed by atoms with Gasteiger partial charge in [0, 0.05) is 22.7 Å². The number of hydrogen-bond donors (Lipinski definition) is 1. The minimum atomic E-state index is -0.653. The molecule has 0 aromatic heterocycles. The maximum atomic E-state index is 13.6. The van der Waals surface area contributed by atoms with Crippen LogP contribution in [0.5, 0.6) is 0 Å². The SMILES string of the molecule is NC(Cc1ccc(F)cc1F)Cc1c(F)cccc1Cl. The van der Waals surface area contributed by atoms with Gasteiger partial charge in [-0.15, -0.1) is 0 Å². The van der Waals surface area contributed by atoms with Gasteiger partial charge in [-0.1, -0.05) is 23.7 Å². The Morgan fingerprint density at radius 2 is 1.75 bits per heavy atom. The zero-order valence-electron chi connectivity index (χ0n) is 10.5. The highest BCUT2D eigenvalue weighted by Crippen LogP contribution is 2.21. The molecule has 1 unspecified atom stereocenters. The Labute approximate surface area is 120 Å². The highest BCUT2D eigenvalue weighted by atomic mass is 35.5. The third-order valence-corrected chi connectivity index (χ3v) is 3.38. The second-order valence-electron chi connectivity index (χ2n) is 4.60. The van der Waals surface area contributed by atoms with Gasteiger partial charge >= 0.3 is 0 Å². The van der Waals surface area contributed by atoms with Crippen molar-refractivity contribution < 1.29 is 13.2 Å². The van der Waals surface area contributed by atoms with Gasteiger partial charge in [-0.2, -0.15) is 0 Å². The number of rotatable bonds is 4. The van der Waals surface area contributed by atoms with Gasteiger partial charge in [0.05, 0.1) is 0 Å². The largest absolute Gasteiger partial charge is 0.327 e. The van der Waals surface area contributed by atoms with Crippen molar-refractivity contribution in [2.24, 2.45) is 5.73 Å². The molecule has 0 saturated heterocycles. The highest BCUT2D eigenvalue weighted by Gasteiger charge is 2.14. The van der Waals surface area contributed by atoms with E-state index >= 15 is 0 Å². The zero-order valence-corrected chi connectivity index (χ0v) is 11.3. The number of nitrogens with two attached hydrogens (primary N) is 1. The van der Waals surface area contributed by atoms with Gasteiger partial charge in [0.2, 0.25) is 0 Å². The Kier molecular flexibility index (Phi) is 4.68. The first-order valence-electron chi connectivity index (χ1n) is 6.09. The summed E-state index contributed by atoms with van der Waals surface area (Å²) in [7, 11) is 0. The topological polar surface area (TPSA) is 26.0 Å². The van der Waals surface area contributed by atoms with Crippen molar-refractivity contribution in [1.82, 2.24) is 0 Å². The summed E-state index contributed by atoms with van der Waals surface area (Å²) in [5, 5.41) is 0.292. The molecule has 2 rings (SSSR count). The molecule has 0 aliphatic heterocycles. The standard InChI is InChI=1S/C15H13ClF3N/c16-13-2-1-3-14(18)12(13)8-11(20)6-9-4-5-10(17)7-15(9)19/h1-5,7,11H,6,8,20H2. The van der Waals surface area contributed by atoms with Crippen LogP contribution in [-0.2, 0) is 12.8 Å². The third-order valence-electron chi connectivity index (χ3n) is 3.03. The third kappa shape index (κ3) is 3.52. The molecule has 0 heterocycles. The fourth-order valence-electron chi connectivity index (χ4n) is 2.03. The Morgan fingerprint density at radius 1 is 1.00 bits per heavy atom. The van der Waals surface area contributed by atoms with E-state index in [2.05, 4.69) is 0 Å². The fourth-order valence-corrected chi connectivity index (χ4v) is 2.27. The van der Waals surface area contributed by atoms with Gasteiger partial charge in [-0.25, -0.2) is 13.2 Å². The lowest BCUT2D eigenvalue weighted by Gasteiger charge is -2.14. The Bertz CT molecular complexity index is 596. The molecule has 1 atom stereocenters. The molecule has 0 bridgehead atoms. The molecule has 0 radical (unpaired) electrons. The summed E-state index contributed by atoms with van der Waals surface area (Å²) in [6.07, 6.45) is 0.360. The van der Waals surface area contributed by atoms with Gasteiger partial charge in [-0.3, -0.25) is 0 Å². The average molecular weight is 300 g/mol. The monoisotopic (exact) mass is 299 g/mol. The summed E-state index contributed by atoms with van der Waals surface area (Å²) in [5.41, 5.74) is 6.50. The van der Waals surface area contributed by atoms with Crippen LogP contribution in [0, 0.1) is 17.5 Å². The number of benzene rings is 2. The molecule has 0 saturated carbocycles. The van der Waals surface area contributed by atoms with E-state index in [4.69, 9.17) is 17.3 Å². The molecule has 0 spiro atoms. The molecule has 2 N–H and O–H groups in total. The Balaban J connectivity index is 2.11. The predicted octanol–water partition coefficient (Wildman–Crippen LogP) is 3.87. The molecular weight excluding hydrogens is 287 g/mol. The van der Waals surface area contributed by atoms with Crippen molar-refractivity contribution in [1.29, 1.82) is 0 Å². The van der Waals surface area contributed by atoms with Crippen molar-refractivity contribution >= 4 is 11.6 Å². The van der Waals surface area contributed by atoms with Crippen molar-refractivity contribution in [3.05, 3.63) is 70.0 Å². The molecule has 20 heavy (non-hydrogen) atoms. The molecule has 2 aromatic rings. The first-order chi connectivity index (χ1) is 9.47. The normalized spacial score (nSPS) is 12.4. The van der Waals surface area contributed by atoms with Crippen LogP contribution in [0.3, 0.4) is 0 Å². The van der Waals surface area contributed by atoms with E-state index in [-0.39, 0.29) is 12.8 Å². The summed E-state index contributed by atoms with van der Waals surface area (Å²) in [6, 6.07) is 7.18. The van der Waals surface area contributed by atoms with Gasteiger partial charge < -0.3 is 5.73 Å². The van der Waals surface area contributed by atoms with Gasteiger partial charge in [0.1, 0.15) is 17.5 Å². The second kappa shape index (κ2) is 6.29. The molecule has 0 fully saturated rings. The van der Waals surface area contributed by atoms with Crippen LogP contribution >= 0.6 is 11.6 Å². The van der Waals surface area contributed by atoms with Crippen LogP contribution < -0.4 is 5.73 Å². The Hall–Kier alpha value is -1.52. The van der Waals surface area contributed by atoms with Crippen LogP contribution in [-0.4, -0.2) is 6.04 Å². The van der Waals surface area contributed by atoms with Crippen molar-refractivity contribution in [3.8, 4) is 0 Å². The molecule has 0 amide bonds. The smallest absolute Gasteiger partial charge is 0.129 e. The molecular formula is C15H13ClF3N. The number of hydrogen-bond acceptors (Lipinski definition) is 1. The summed E-state index contributed by atoms with van der Waals surface area (Å²) < 4.78 is 39.9. The van der Waals surface area contributed by atoms with Gasteiger partial charge in [-0.05, 0) is 36.6 Å². The lowest BCUT2D eigenvalue weighted by Crippen LogP contribution is -2.26. The minimum Gasteiger partial charge on any atom is -0.327 e. The van der Waals surface area contributed by atoms with Crippen LogP contribution in [0.15, 0.2) is 36.4 Å². The van der Waals surface area contributed by atoms with Crippen molar-refractivity contribution in [2.75, 3.05) is 0 Å². The van der Waals surface area contributed by atoms with Gasteiger partial charge in [0.25, 0.3) is 0 Å². The maximum absolute atomic E-state index is 13.6. The molecule has 0 aliphatic rings. The van der Waals surface area contributed by atoms with E-state index in [0.717, 1.165) is 6.07 Å². The average Bonchev–Trinajstić information content (AvgIpc) is 2.37. The summed E-state index contributed by atoms with van der Waals surface area (Å²) in [6.45, 7) is 0. The molecule has 2 aromatic carbocycles. The molecule has 1 nitrogen and oxygen atoms in total. The minimum absolute atomic E-state index is 0.177. The fraction of sp³-hybridized carbons (Fsp3) is 0.200. The highest BCUT2D eigenvalue weighted by molar-refractivity contribution is 6.31. The molecule has 106 valence electrons. The van der Waals surface area contributed by atoms with Gasteiger partial charge in [0.15, 0.2) is 0 Å². The zero-order chi connectivity index (χ0) is 14.7. The maximum Gasteiger partial charge on any atom is 0.129 e. The quantitative estimate of drug-likeness (QED) is 0.911. The summed E-state index contributed by atoms with van der Waals surface area (Å²) >= 11 is 5.91. The first-order valence-corrected chi connectivity index (χ1v) is 6.47. The van der Waals surface area contributed by atoms with Crippen molar-refractivity contribution in [3.63, 3.8) is 0 Å². The molecule has 0 aliphatic carbocycles. The van der Waals surface area contributed by atoms with E-state index in [9.17, 15) is 13.2 Å². The summed E-state index contributed by atoms with van der Waals surface area (Å²) in [4.78, 5) is 0. The summed E-state index contributed by atoms with van der Waals surface area (Å²) in [5.74, 6) is -1.73. The van der Waals surface area contributed by atoms with E-state index in [1.807, 2.05) is 0 Å². The van der Waals surface area contributed by atoms with Crippen LogP contribution in [0.1, 0.15) is 11.1 Å². The van der Waals surface area contributed by atoms with E-state index in [1.54, 1.807) is 6.07 Å². The van der Waals surface area contributed by atoms with Crippen LogP contribution in [0.2, 0.25) is 5.02 Å². The van der Waals surface area contributed by atoms with E-state index < -0.39 is 23.5 Å². The van der Waals surface area contributed by atoms with Crippen LogP contribution in [0.25, 0.3) is 0 Å². The lowest BCUT2D eigenvalue weighted by atomic mass is 9.99.